The number of aryl methyl sites for hydroxylation is 2. The lowest BCUT2D eigenvalue weighted by atomic mass is 10.2. The zero-order valence-corrected chi connectivity index (χ0v) is 10.4. The maximum atomic E-state index is 9.98. The molecule has 0 aromatic carbocycles. The van der Waals surface area contributed by atoms with Crippen molar-refractivity contribution in [3.8, 4) is 0 Å². The number of aromatic nitrogens is 5. The Morgan fingerprint density at radius 2 is 2.35 bits per heavy atom. The maximum absolute atomic E-state index is 9.98. The van der Waals surface area contributed by atoms with Crippen LogP contribution in [0.5, 0.6) is 0 Å². The number of nitrogens with zero attached hydrogens (tertiary/aromatic N) is 4. The van der Waals surface area contributed by atoms with Crippen molar-refractivity contribution in [2.75, 3.05) is 0 Å². The van der Waals surface area contributed by atoms with Gasteiger partial charge in [-0.25, -0.2) is 4.98 Å². The van der Waals surface area contributed by atoms with E-state index < -0.39 is 6.10 Å². The molecule has 2 aromatic rings. The van der Waals surface area contributed by atoms with Gasteiger partial charge in [-0.15, -0.1) is 0 Å². The second kappa shape index (κ2) is 4.85. The molecule has 0 amide bonds. The summed E-state index contributed by atoms with van der Waals surface area (Å²) in [6.07, 6.45) is 0.974. The first-order valence-corrected chi connectivity index (χ1v) is 5.76. The molecule has 2 rings (SSSR count). The van der Waals surface area contributed by atoms with E-state index in [1.807, 2.05) is 13.8 Å². The van der Waals surface area contributed by atoms with E-state index in [1.54, 1.807) is 4.68 Å². The van der Waals surface area contributed by atoms with Crippen molar-refractivity contribution >= 4 is 11.6 Å². The summed E-state index contributed by atoms with van der Waals surface area (Å²) in [5.74, 6) is 0.433. The van der Waals surface area contributed by atoms with E-state index in [2.05, 4.69) is 20.3 Å². The third-order valence-corrected chi connectivity index (χ3v) is 3.08. The summed E-state index contributed by atoms with van der Waals surface area (Å²) in [6, 6.07) is 0. The summed E-state index contributed by atoms with van der Waals surface area (Å²) < 4.78 is 1.79. The summed E-state index contributed by atoms with van der Waals surface area (Å²) in [5.41, 5.74) is 1.59. The highest BCUT2D eigenvalue weighted by Crippen LogP contribution is 2.24. The van der Waals surface area contributed by atoms with Crippen LogP contribution in [0.1, 0.15) is 30.2 Å². The van der Waals surface area contributed by atoms with Gasteiger partial charge >= 0.3 is 0 Å². The number of aliphatic hydroxyl groups is 1. The minimum absolute atomic E-state index is 0.364. The molecule has 1 atom stereocenters. The molecule has 0 spiro atoms. The van der Waals surface area contributed by atoms with Gasteiger partial charge in [-0.2, -0.15) is 10.2 Å². The van der Waals surface area contributed by atoms with Crippen molar-refractivity contribution < 1.29 is 5.11 Å². The van der Waals surface area contributed by atoms with Crippen LogP contribution in [0.3, 0.4) is 0 Å². The first kappa shape index (κ1) is 12.1. The van der Waals surface area contributed by atoms with Crippen LogP contribution < -0.4 is 0 Å². The Morgan fingerprint density at radius 3 is 2.94 bits per heavy atom. The molecule has 17 heavy (non-hydrogen) atoms. The number of nitrogens with one attached hydrogen (secondary N) is 1. The number of H-pyrrole nitrogens is 1. The van der Waals surface area contributed by atoms with Gasteiger partial charge in [-0.3, -0.25) is 9.78 Å². The minimum Gasteiger partial charge on any atom is -0.385 e. The summed E-state index contributed by atoms with van der Waals surface area (Å²) in [6.45, 7) is 4.54. The predicted molar refractivity (Wildman–Crippen MR) is 62.7 cm³/mol. The fraction of sp³-hybridized carbons (Fsp3) is 0.500. The first-order chi connectivity index (χ1) is 8.13. The van der Waals surface area contributed by atoms with E-state index in [-0.39, 0.29) is 0 Å². The number of halogens is 1. The Bertz CT molecular complexity index is 493. The molecular formula is C10H14ClN5O. The fourth-order valence-corrected chi connectivity index (χ4v) is 1.93. The van der Waals surface area contributed by atoms with Gasteiger partial charge in [0, 0.05) is 13.0 Å². The van der Waals surface area contributed by atoms with E-state index in [9.17, 15) is 5.11 Å². The SMILES string of the molecule is CCn1nc(C)c(Cl)c1CC(O)c1ncn[nH]1. The van der Waals surface area contributed by atoms with Crippen molar-refractivity contribution in [1.29, 1.82) is 0 Å². The second-order valence-electron chi connectivity index (χ2n) is 3.75. The molecule has 0 saturated carbocycles. The summed E-state index contributed by atoms with van der Waals surface area (Å²) >= 11 is 6.16. The minimum atomic E-state index is -0.753. The molecule has 92 valence electrons. The zero-order valence-electron chi connectivity index (χ0n) is 9.68. The van der Waals surface area contributed by atoms with Crippen molar-refractivity contribution in [2.24, 2.45) is 0 Å². The van der Waals surface area contributed by atoms with Crippen molar-refractivity contribution in [1.82, 2.24) is 25.0 Å². The van der Waals surface area contributed by atoms with Gasteiger partial charge in [-0.1, -0.05) is 11.6 Å². The molecule has 1 unspecified atom stereocenters. The zero-order chi connectivity index (χ0) is 12.4. The Balaban J connectivity index is 2.24. The molecule has 6 nitrogen and oxygen atoms in total. The highest BCUT2D eigenvalue weighted by molar-refractivity contribution is 6.31. The fourth-order valence-electron chi connectivity index (χ4n) is 1.72. The molecule has 0 aliphatic carbocycles. The van der Waals surface area contributed by atoms with Crippen LogP contribution in [0.2, 0.25) is 5.02 Å². The average molecular weight is 256 g/mol. The quantitative estimate of drug-likeness (QED) is 0.862. The Kier molecular flexibility index (Phi) is 3.44. The number of aromatic amines is 1. The van der Waals surface area contributed by atoms with Crippen LogP contribution in [0.4, 0.5) is 0 Å². The van der Waals surface area contributed by atoms with Crippen LogP contribution in [0, 0.1) is 6.92 Å². The Hall–Kier alpha value is -1.40. The van der Waals surface area contributed by atoms with Gasteiger partial charge in [0.15, 0.2) is 5.82 Å². The predicted octanol–water partition coefficient (Wildman–Crippen LogP) is 1.26. The van der Waals surface area contributed by atoms with Gasteiger partial charge in [-0.05, 0) is 13.8 Å². The van der Waals surface area contributed by atoms with Gasteiger partial charge in [0.05, 0.1) is 16.4 Å². The lowest BCUT2D eigenvalue weighted by Gasteiger charge is -2.09. The lowest BCUT2D eigenvalue weighted by molar-refractivity contribution is 0.166. The molecule has 0 aliphatic heterocycles. The molecule has 0 aliphatic rings. The number of rotatable bonds is 4. The number of aliphatic hydroxyl groups excluding tert-OH is 1. The number of hydrogen-bond donors (Lipinski definition) is 2. The Morgan fingerprint density at radius 1 is 1.59 bits per heavy atom. The molecule has 2 N–H and O–H groups in total. The van der Waals surface area contributed by atoms with Gasteiger partial charge < -0.3 is 5.11 Å². The van der Waals surface area contributed by atoms with E-state index >= 15 is 0 Å². The van der Waals surface area contributed by atoms with Crippen LogP contribution in [-0.2, 0) is 13.0 Å². The van der Waals surface area contributed by atoms with E-state index in [0.29, 0.717) is 23.8 Å². The molecule has 7 heteroatoms. The van der Waals surface area contributed by atoms with Gasteiger partial charge in [0.25, 0.3) is 0 Å². The summed E-state index contributed by atoms with van der Waals surface area (Å²) in [4.78, 5) is 3.91. The van der Waals surface area contributed by atoms with E-state index in [1.165, 1.54) is 6.33 Å². The largest absolute Gasteiger partial charge is 0.385 e. The molecule has 2 heterocycles. The molecule has 0 bridgehead atoms. The van der Waals surface area contributed by atoms with Crippen molar-refractivity contribution in [3.63, 3.8) is 0 Å². The summed E-state index contributed by atoms with van der Waals surface area (Å²) in [5, 5.41) is 21.2. The van der Waals surface area contributed by atoms with Gasteiger partial charge in [0.2, 0.25) is 0 Å². The normalized spacial score (nSPS) is 12.9. The highest BCUT2D eigenvalue weighted by atomic mass is 35.5. The molecular weight excluding hydrogens is 242 g/mol. The van der Waals surface area contributed by atoms with Crippen molar-refractivity contribution in [3.05, 3.63) is 28.6 Å². The summed E-state index contributed by atoms with van der Waals surface area (Å²) in [7, 11) is 0. The third kappa shape index (κ3) is 2.32. The standard InChI is InChI=1S/C10H14ClN5O/c1-3-16-7(9(11)6(2)15-16)4-8(17)10-12-5-13-14-10/h5,8,17H,3-4H2,1-2H3,(H,12,13,14). The van der Waals surface area contributed by atoms with Gasteiger partial charge in [0.1, 0.15) is 12.4 Å². The Labute approximate surface area is 104 Å². The smallest absolute Gasteiger partial charge is 0.153 e. The second-order valence-corrected chi connectivity index (χ2v) is 4.13. The lowest BCUT2D eigenvalue weighted by Crippen LogP contribution is -2.10. The third-order valence-electron chi connectivity index (χ3n) is 2.59. The van der Waals surface area contributed by atoms with E-state index in [0.717, 1.165) is 11.4 Å². The molecule has 2 aromatic heterocycles. The van der Waals surface area contributed by atoms with Crippen molar-refractivity contribution in [2.45, 2.75) is 32.9 Å². The van der Waals surface area contributed by atoms with E-state index in [4.69, 9.17) is 11.6 Å². The van der Waals surface area contributed by atoms with Crippen LogP contribution in [0.15, 0.2) is 6.33 Å². The number of hydrogen-bond acceptors (Lipinski definition) is 4. The van der Waals surface area contributed by atoms with Crippen LogP contribution in [0.25, 0.3) is 0 Å². The average Bonchev–Trinajstić information content (AvgIpc) is 2.92. The van der Waals surface area contributed by atoms with Crippen LogP contribution >= 0.6 is 11.6 Å². The molecule has 0 saturated heterocycles. The first-order valence-electron chi connectivity index (χ1n) is 5.38. The molecule has 0 fully saturated rings. The highest BCUT2D eigenvalue weighted by Gasteiger charge is 2.19. The monoisotopic (exact) mass is 255 g/mol. The maximum Gasteiger partial charge on any atom is 0.153 e. The van der Waals surface area contributed by atoms with Crippen LogP contribution in [-0.4, -0.2) is 30.1 Å². The molecule has 0 radical (unpaired) electrons. The topological polar surface area (TPSA) is 79.6 Å².